The number of hydrogen-bond donors (Lipinski definition) is 4. The minimum absolute atomic E-state index is 0.0299. The summed E-state index contributed by atoms with van der Waals surface area (Å²) >= 11 is 0. The maximum atomic E-state index is 14.2. The zero-order valence-corrected chi connectivity index (χ0v) is 26.0. The Morgan fingerprint density at radius 2 is 1.44 bits per heavy atom. The largest absolute Gasteiger partial charge is 0.481 e. The lowest BCUT2D eigenvalue weighted by Crippen LogP contribution is -2.75. The molecular weight excluding hydrogens is 520 g/mol. The van der Waals surface area contributed by atoms with Crippen molar-refractivity contribution in [1.82, 2.24) is 0 Å². The van der Waals surface area contributed by atoms with E-state index in [1.54, 1.807) is 0 Å². The second kappa shape index (κ2) is 9.46. The summed E-state index contributed by atoms with van der Waals surface area (Å²) in [5.41, 5.74) is -4.07. The highest BCUT2D eigenvalue weighted by Gasteiger charge is 2.80. The summed E-state index contributed by atoms with van der Waals surface area (Å²) in [6, 6.07) is 0. The number of carboxylic acids is 1. The van der Waals surface area contributed by atoms with Crippen molar-refractivity contribution in [2.75, 3.05) is 13.2 Å². The SMILES string of the molecule is C=C(C)[C@@H]1CC[C@]2(C(=O)O)CC(C(=O)CO)(C(=O)CO)[C@]3(C)[C@H](CC[C@@H]4[C@@]5(C)CC[C@H](O)C(C)(C)[C@@H]5CC[C@]43C)[C@@H]12. The van der Waals surface area contributed by atoms with Gasteiger partial charge >= 0.3 is 5.97 Å². The van der Waals surface area contributed by atoms with E-state index in [-0.39, 0.29) is 52.9 Å². The van der Waals surface area contributed by atoms with E-state index in [4.69, 9.17) is 0 Å². The first-order chi connectivity index (χ1) is 19.0. The van der Waals surface area contributed by atoms with Crippen LogP contribution in [-0.2, 0) is 14.4 Å². The van der Waals surface area contributed by atoms with Gasteiger partial charge in [-0.25, -0.2) is 0 Å². The molecule has 0 saturated heterocycles. The van der Waals surface area contributed by atoms with E-state index in [1.165, 1.54) is 0 Å². The van der Waals surface area contributed by atoms with Crippen molar-refractivity contribution in [1.29, 1.82) is 0 Å². The molecule has 0 radical (unpaired) electrons. The lowest BCUT2D eigenvalue weighted by molar-refractivity contribution is -0.279. The quantitative estimate of drug-likeness (QED) is 0.265. The Balaban J connectivity index is 1.79. The van der Waals surface area contributed by atoms with Crippen LogP contribution in [0.25, 0.3) is 0 Å². The second-order valence-electron chi connectivity index (χ2n) is 16.1. The molecule has 5 fully saturated rings. The van der Waals surface area contributed by atoms with Crippen LogP contribution in [-0.4, -0.2) is 57.3 Å². The number of allylic oxidation sites excluding steroid dienone is 1. The van der Waals surface area contributed by atoms with Gasteiger partial charge in [0.15, 0.2) is 11.6 Å². The molecule has 5 rings (SSSR count). The van der Waals surface area contributed by atoms with Crippen molar-refractivity contribution in [2.45, 2.75) is 105 Å². The van der Waals surface area contributed by atoms with E-state index >= 15 is 0 Å². The summed E-state index contributed by atoms with van der Waals surface area (Å²) < 4.78 is 0. The highest BCUT2D eigenvalue weighted by atomic mass is 16.4. The van der Waals surface area contributed by atoms with Crippen LogP contribution in [0, 0.1) is 62.1 Å². The first-order valence-electron chi connectivity index (χ1n) is 15.8. The molecule has 7 heteroatoms. The number of hydrogen-bond acceptors (Lipinski definition) is 6. The minimum atomic E-state index is -1.81. The topological polar surface area (TPSA) is 132 Å². The number of carboxylic acid groups (broad SMARTS) is 1. The highest BCUT2D eigenvalue weighted by Crippen LogP contribution is 2.81. The van der Waals surface area contributed by atoms with Gasteiger partial charge in [-0.1, -0.05) is 46.8 Å². The van der Waals surface area contributed by atoms with E-state index in [2.05, 4.69) is 41.2 Å². The molecule has 10 atom stereocenters. The molecule has 0 aromatic rings. The average molecular weight is 573 g/mol. The molecule has 0 amide bonds. The Labute approximate surface area is 245 Å². The lowest BCUT2D eigenvalue weighted by Gasteiger charge is -2.76. The minimum Gasteiger partial charge on any atom is -0.481 e. The molecule has 5 aliphatic rings. The summed E-state index contributed by atoms with van der Waals surface area (Å²) in [6.45, 7) is 15.5. The monoisotopic (exact) mass is 572 g/mol. The van der Waals surface area contributed by atoms with Gasteiger partial charge in [-0.05, 0) is 116 Å². The van der Waals surface area contributed by atoms with Crippen LogP contribution in [0.4, 0.5) is 0 Å². The van der Waals surface area contributed by atoms with Gasteiger partial charge in [-0.2, -0.15) is 0 Å². The van der Waals surface area contributed by atoms with Crippen LogP contribution >= 0.6 is 0 Å². The second-order valence-corrected chi connectivity index (χ2v) is 16.1. The van der Waals surface area contributed by atoms with Gasteiger partial charge in [0.2, 0.25) is 0 Å². The number of carbonyl (C=O) groups is 3. The summed E-state index contributed by atoms with van der Waals surface area (Å²) in [4.78, 5) is 41.8. The molecule has 0 bridgehead atoms. The molecule has 230 valence electrons. The summed E-state index contributed by atoms with van der Waals surface area (Å²) in [5.74, 6) is -2.43. The molecule has 4 N–H and O–H groups in total. The van der Waals surface area contributed by atoms with Gasteiger partial charge in [0.25, 0.3) is 0 Å². The van der Waals surface area contributed by atoms with E-state index in [0.29, 0.717) is 25.7 Å². The van der Waals surface area contributed by atoms with E-state index in [9.17, 15) is 34.8 Å². The molecule has 7 nitrogen and oxygen atoms in total. The van der Waals surface area contributed by atoms with Crippen LogP contribution in [0.2, 0.25) is 0 Å². The van der Waals surface area contributed by atoms with Crippen LogP contribution in [0.1, 0.15) is 99.3 Å². The Morgan fingerprint density at radius 3 is 1.98 bits per heavy atom. The fourth-order valence-electron chi connectivity index (χ4n) is 13.0. The van der Waals surface area contributed by atoms with Crippen LogP contribution in [0.15, 0.2) is 12.2 Å². The summed E-state index contributed by atoms with van der Waals surface area (Å²) in [5, 5.41) is 42.8. The van der Waals surface area contributed by atoms with Crippen LogP contribution in [0.3, 0.4) is 0 Å². The number of ketones is 2. The van der Waals surface area contributed by atoms with Gasteiger partial charge in [-0.15, -0.1) is 0 Å². The summed E-state index contributed by atoms with van der Waals surface area (Å²) in [6.07, 6.45) is 5.11. The third kappa shape index (κ3) is 3.46. The van der Waals surface area contributed by atoms with Crippen molar-refractivity contribution in [3.8, 4) is 0 Å². The molecule has 0 aromatic carbocycles. The predicted molar refractivity (Wildman–Crippen MR) is 155 cm³/mol. The number of aliphatic hydroxyl groups excluding tert-OH is 3. The first-order valence-corrected chi connectivity index (χ1v) is 15.8. The van der Waals surface area contributed by atoms with Gasteiger partial charge < -0.3 is 20.4 Å². The Kier molecular flexibility index (Phi) is 7.13. The lowest BCUT2D eigenvalue weighted by atomic mass is 9.27. The molecule has 0 aromatic heterocycles. The van der Waals surface area contributed by atoms with E-state index in [0.717, 1.165) is 31.3 Å². The smallest absolute Gasteiger partial charge is 0.309 e. The first kappa shape index (κ1) is 30.9. The molecule has 5 saturated carbocycles. The van der Waals surface area contributed by atoms with E-state index in [1.807, 2.05) is 6.92 Å². The molecule has 0 heterocycles. The third-order valence-electron chi connectivity index (χ3n) is 14.9. The van der Waals surface area contributed by atoms with E-state index < -0.39 is 52.4 Å². The third-order valence-corrected chi connectivity index (χ3v) is 14.9. The zero-order chi connectivity index (χ0) is 30.6. The number of aliphatic hydroxyl groups is 3. The zero-order valence-electron chi connectivity index (χ0n) is 26.0. The molecule has 0 aliphatic heterocycles. The number of aliphatic carboxylic acids is 1. The molecule has 0 spiro atoms. The predicted octanol–water partition coefficient (Wildman–Crippen LogP) is 4.81. The van der Waals surface area contributed by atoms with Gasteiger partial charge in [0, 0.05) is 0 Å². The number of carbonyl (C=O) groups excluding carboxylic acids is 2. The van der Waals surface area contributed by atoms with Gasteiger partial charge in [0.1, 0.15) is 13.2 Å². The standard InChI is InChI=1S/C34H52O7/c1-19(2)20-10-15-33(28(40)41)18-34(25(38)16-35,26(39)17-36)32(7)21(27(20)33)8-9-23-30(5)13-12-24(37)29(3,4)22(30)11-14-31(23,32)6/h20-24,27,35-37H,1,8-18H2,2-7H3,(H,40,41)/t20-,21+,22-,23+,24-,27+,30-,31+,32+,33-/m0/s1. The maximum Gasteiger partial charge on any atom is 0.309 e. The number of fused-ring (bicyclic) bond motifs is 7. The summed E-state index contributed by atoms with van der Waals surface area (Å²) in [7, 11) is 0. The van der Waals surface area contributed by atoms with Gasteiger partial charge in [0.05, 0.1) is 16.9 Å². The fraction of sp³-hybridized carbons (Fsp3) is 0.853. The Hall–Kier alpha value is -1.57. The number of rotatable bonds is 6. The Morgan fingerprint density at radius 1 is 0.829 bits per heavy atom. The average Bonchev–Trinajstić information content (AvgIpc) is 3.31. The van der Waals surface area contributed by atoms with Crippen molar-refractivity contribution in [3.63, 3.8) is 0 Å². The van der Waals surface area contributed by atoms with Crippen LogP contribution in [0.5, 0.6) is 0 Å². The van der Waals surface area contributed by atoms with Crippen molar-refractivity contribution in [3.05, 3.63) is 12.2 Å². The molecule has 0 unspecified atom stereocenters. The van der Waals surface area contributed by atoms with Crippen LogP contribution < -0.4 is 0 Å². The van der Waals surface area contributed by atoms with Gasteiger partial charge in [-0.3, -0.25) is 14.4 Å². The number of Topliss-reactive ketones (excluding diaryl/α,β-unsaturated/α-hetero) is 2. The Bertz CT molecular complexity index is 1140. The van der Waals surface area contributed by atoms with Crippen molar-refractivity contribution >= 4 is 17.5 Å². The molecular formula is C34H52O7. The fourth-order valence-corrected chi connectivity index (χ4v) is 13.0. The molecule has 5 aliphatic carbocycles. The molecule has 41 heavy (non-hydrogen) atoms. The normalized spacial score (nSPS) is 47.7. The maximum absolute atomic E-state index is 14.2. The van der Waals surface area contributed by atoms with Crippen molar-refractivity contribution in [2.24, 2.45) is 62.1 Å². The van der Waals surface area contributed by atoms with Crippen molar-refractivity contribution < 1.29 is 34.8 Å². The highest BCUT2D eigenvalue weighted by molar-refractivity contribution is 6.10.